The molecule has 3 amide bonds. The van der Waals surface area contributed by atoms with Gasteiger partial charge < -0.3 is 5.32 Å². The fourth-order valence-electron chi connectivity index (χ4n) is 3.98. The zero-order chi connectivity index (χ0) is 16.0. The fraction of sp³-hybridized carbons (Fsp3) is 0.533. The van der Waals surface area contributed by atoms with Gasteiger partial charge in [0, 0.05) is 13.0 Å². The minimum Gasteiger partial charge on any atom is -0.300 e. The van der Waals surface area contributed by atoms with Crippen molar-refractivity contribution in [1.82, 2.24) is 15.1 Å². The predicted octanol–water partition coefficient (Wildman–Crippen LogP) is 1.06. The van der Waals surface area contributed by atoms with Crippen molar-refractivity contribution >= 4 is 34.2 Å². The summed E-state index contributed by atoms with van der Waals surface area (Å²) in [5.41, 5.74) is 1.52. The number of carbonyl (C=O) groups excluding carboxylic acids is 3. The molecule has 5 rings (SSSR count). The minimum absolute atomic E-state index is 0.0826. The Balaban J connectivity index is 1.41. The molecule has 120 valence electrons. The molecule has 2 bridgehead atoms. The molecule has 1 saturated carbocycles. The molecule has 1 aromatic rings. The van der Waals surface area contributed by atoms with Crippen molar-refractivity contribution in [2.75, 3.05) is 11.9 Å². The van der Waals surface area contributed by atoms with Crippen molar-refractivity contribution in [1.29, 1.82) is 0 Å². The summed E-state index contributed by atoms with van der Waals surface area (Å²) in [6, 6.07) is 0. The van der Waals surface area contributed by atoms with E-state index in [0.29, 0.717) is 5.13 Å². The summed E-state index contributed by atoms with van der Waals surface area (Å²) in [6.45, 7) is 0.134. The van der Waals surface area contributed by atoms with Crippen molar-refractivity contribution in [2.24, 2.45) is 23.7 Å². The lowest BCUT2D eigenvalue weighted by molar-refractivity contribution is -0.140. The number of imide groups is 1. The van der Waals surface area contributed by atoms with Crippen molar-refractivity contribution in [3.63, 3.8) is 0 Å². The second kappa shape index (κ2) is 5.52. The standard InChI is InChI=1S/C15H16N4O3S/c20-10(17-15-18-16-7-23-15)5-6-19-13(21)11-8-1-2-9(4-3-8)12(11)14(19)22/h1-2,7-9,11-12H,3-6H2,(H,17,18,20)/t8-,9-,11+,12+/m0/s1. The van der Waals surface area contributed by atoms with Crippen molar-refractivity contribution in [3.8, 4) is 0 Å². The summed E-state index contributed by atoms with van der Waals surface area (Å²) in [4.78, 5) is 38.4. The molecule has 3 aliphatic carbocycles. The Morgan fingerprint density at radius 1 is 1.22 bits per heavy atom. The van der Waals surface area contributed by atoms with E-state index in [1.807, 2.05) is 0 Å². The predicted molar refractivity (Wildman–Crippen MR) is 82.2 cm³/mol. The highest BCUT2D eigenvalue weighted by Gasteiger charge is 2.56. The maximum absolute atomic E-state index is 12.6. The van der Waals surface area contributed by atoms with Crippen LogP contribution in [0.25, 0.3) is 0 Å². The number of rotatable bonds is 4. The summed E-state index contributed by atoms with van der Waals surface area (Å²) in [5.74, 6) is -0.540. The van der Waals surface area contributed by atoms with E-state index in [0.717, 1.165) is 12.8 Å². The van der Waals surface area contributed by atoms with Gasteiger partial charge in [-0.15, -0.1) is 10.2 Å². The van der Waals surface area contributed by atoms with E-state index in [9.17, 15) is 14.4 Å². The number of allylic oxidation sites excluding steroid dienone is 2. The largest absolute Gasteiger partial charge is 0.300 e. The molecule has 4 atom stereocenters. The van der Waals surface area contributed by atoms with Gasteiger partial charge in [0.05, 0.1) is 11.8 Å². The molecule has 0 aromatic carbocycles. The molecule has 1 saturated heterocycles. The van der Waals surface area contributed by atoms with Gasteiger partial charge in [-0.1, -0.05) is 23.5 Å². The van der Waals surface area contributed by atoms with Crippen LogP contribution in [-0.2, 0) is 14.4 Å². The fourth-order valence-corrected chi connectivity index (χ4v) is 4.44. The third-order valence-electron chi connectivity index (χ3n) is 5.02. The number of hydrogen-bond acceptors (Lipinski definition) is 6. The van der Waals surface area contributed by atoms with Gasteiger partial charge in [0.25, 0.3) is 0 Å². The molecule has 1 N–H and O–H groups in total. The normalized spacial score (nSPS) is 31.6. The molecule has 7 nitrogen and oxygen atoms in total. The summed E-state index contributed by atoms with van der Waals surface area (Å²) < 4.78 is 0. The van der Waals surface area contributed by atoms with Crippen LogP contribution in [-0.4, -0.2) is 39.4 Å². The number of amides is 3. The number of nitrogens with zero attached hydrogens (tertiary/aromatic N) is 3. The maximum atomic E-state index is 12.6. The van der Waals surface area contributed by atoms with Crippen LogP contribution >= 0.6 is 11.3 Å². The van der Waals surface area contributed by atoms with E-state index in [1.165, 1.54) is 21.7 Å². The van der Waals surface area contributed by atoms with Crippen LogP contribution in [0, 0.1) is 23.7 Å². The van der Waals surface area contributed by atoms with Gasteiger partial charge in [-0.2, -0.15) is 0 Å². The molecule has 2 heterocycles. The number of carbonyl (C=O) groups is 3. The Labute approximate surface area is 136 Å². The van der Waals surface area contributed by atoms with Gasteiger partial charge >= 0.3 is 0 Å². The SMILES string of the molecule is O=C(CCN1C(=O)[C@H]2[C@H](C1=O)[C@H]1C=C[C@H]2CC1)Nc1nncs1. The summed E-state index contributed by atoms with van der Waals surface area (Å²) in [6.07, 6.45) is 6.22. The van der Waals surface area contributed by atoms with Gasteiger partial charge in [0.1, 0.15) is 5.51 Å². The molecule has 4 aliphatic rings. The molecular weight excluding hydrogens is 316 g/mol. The second-order valence-corrected chi connectivity index (χ2v) is 7.04. The number of nitrogens with one attached hydrogen (secondary N) is 1. The van der Waals surface area contributed by atoms with Crippen LogP contribution in [0.15, 0.2) is 17.7 Å². The maximum Gasteiger partial charge on any atom is 0.233 e. The molecule has 0 spiro atoms. The van der Waals surface area contributed by atoms with Crippen molar-refractivity contribution in [2.45, 2.75) is 19.3 Å². The van der Waals surface area contributed by atoms with Gasteiger partial charge in [-0.25, -0.2) is 0 Å². The van der Waals surface area contributed by atoms with E-state index in [1.54, 1.807) is 0 Å². The lowest BCUT2D eigenvalue weighted by Crippen LogP contribution is -2.38. The average Bonchev–Trinajstić information content (AvgIpc) is 3.16. The van der Waals surface area contributed by atoms with E-state index >= 15 is 0 Å². The Hall–Kier alpha value is -2.09. The van der Waals surface area contributed by atoms with Crippen LogP contribution in [0.5, 0.6) is 0 Å². The van der Waals surface area contributed by atoms with Gasteiger partial charge in [0.15, 0.2) is 0 Å². The first-order chi connectivity index (χ1) is 11.1. The molecule has 0 radical (unpaired) electrons. The Bertz CT molecular complexity index is 655. The molecule has 2 fully saturated rings. The summed E-state index contributed by atoms with van der Waals surface area (Å²) >= 11 is 1.23. The van der Waals surface area contributed by atoms with Crippen LogP contribution in [0.4, 0.5) is 5.13 Å². The van der Waals surface area contributed by atoms with E-state index < -0.39 is 0 Å². The zero-order valence-corrected chi connectivity index (χ0v) is 13.2. The quantitative estimate of drug-likeness (QED) is 0.657. The Morgan fingerprint density at radius 3 is 2.39 bits per heavy atom. The second-order valence-electron chi connectivity index (χ2n) is 6.21. The van der Waals surface area contributed by atoms with E-state index in [-0.39, 0.29) is 54.4 Å². The summed E-state index contributed by atoms with van der Waals surface area (Å²) in [7, 11) is 0. The molecule has 23 heavy (non-hydrogen) atoms. The third-order valence-corrected chi connectivity index (χ3v) is 5.63. The van der Waals surface area contributed by atoms with Crippen LogP contribution in [0.1, 0.15) is 19.3 Å². The van der Waals surface area contributed by atoms with E-state index in [4.69, 9.17) is 0 Å². The highest BCUT2D eigenvalue weighted by molar-refractivity contribution is 7.13. The van der Waals surface area contributed by atoms with Gasteiger partial charge in [-0.3, -0.25) is 19.3 Å². The van der Waals surface area contributed by atoms with Crippen LogP contribution in [0.2, 0.25) is 0 Å². The third kappa shape index (κ3) is 2.37. The van der Waals surface area contributed by atoms with Crippen LogP contribution < -0.4 is 5.32 Å². The van der Waals surface area contributed by atoms with E-state index in [2.05, 4.69) is 27.7 Å². The number of aromatic nitrogens is 2. The molecular formula is C15H16N4O3S. The first-order valence-corrected chi connectivity index (χ1v) is 8.62. The highest BCUT2D eigenvalue weighted by Crippen LogP contribution is 2.49. The molecule has 1 aromatic heterocycles. The number of likely N-dealkylation sites (tertiary alicyclic amines) is 1. The van der Waals surface area contributed by atoms with Crippen molar-refractivity contribution < 1.29 is 14.4 Å². The smallest absolute Gasteiger partial charge is 0.233 e. The topological polar surface area (TPSA) is 92.3 Å². The lowest BCUT2D eigenvalue weighted by atomic mass is 9.63. The summed E-state index contributed by atoms with van der Waals surface area (Å²) in [5, 5.41) is 10.4. The average molecular weight is 332 g/mol. The monoisotopic (exact) mass is 332 g/mol. The van der Waals surface area contributed by atoms with Gasteiger partial charge in [-0.05, 0) is 24.7 Å². The van der Waals surface area contributed by atoms with Crippen LogP contribution in [0.3, 0.4) is 0 Å². The lowest BCUT2D eigenvalue weighted by Gasteiger charge is -2.38. The molecule has 0 unspecified atom stereocenters. The Kier molecular flexibility index (Phi) is 3.48. The minimum atomic E-state index is -0.265. The number of fused-ring (bicyclic) bond motifs is 1. The first kappa shape index (κ1) is 14.5. The molecule has 8 heteroatoms. The zero-order valence-electron chi connectivity index (χ0n) is 12.3. The number of hydrogen-bond donors (Lipinski definition) is 1. The molecule has 1 aliphatic heterocycles. The van der Waals surface area contributed by atoms with Crippen molar-refractivity contribution in [3.05, 3.63) is 17.7 Å². The first-order valence-electron chi connectivity index (χ1n) is 7.74. The van der Waals surface area contributed by atoms with Gasteiger partial charge in [0.2, 0.25) is 22.9 Å². The highest BCUT2D eigenvalue weighted by atomic mass is 32.1. The Morgan fingerprint density at radius 2 is 1.87 bits per heavy atom. The number of anilines is 1.